The maximum Gasteiger partial charge on any atom is 0.255 e. The van der Waals surface area contributed by atoms with E-state index in [4.69, 9.17) is 4.42 Å². The van der Waals surface area contributed by atoms with Gasteiger partial charge in [0.1, 0.15) is 11.3 Å². The van der Waals surface area contributed by atoms with Gasteiger partial charge in [0.05, 0.1) is 5.56 Å². The van der Waals surface area contributed by atoms with E-state index in [-0.39, 0.29) is 17.6 Å². The number of hydrogen-bond donors (Lipinski definition) is 0. The molecule has 0 N–H and O–H groups in total. The van der Waals surface area contributed by atoms with E-state index in [0.29, 0.717) is 23.1 Å². The van der Waals surface area contributed by atoms with Gasteiger partial charge >= 0.3 is 0 Å². The minimum absolute atomic E-state index is 0.0807. The molecule has 2 heterocycles. The molecule has 4 rings (SSSR count). The van der Waals surface area contributed by atoms with Crippen LogP contribution < -0.4 is 0 Å². The second-order valence-electron chi connectivity index (χ2n) is 6.21. The molecule has 1 aliphatic heterocycles. The van der Waals surface area contributed by atoms with Gasteiger partial charge in [0.25, 0.3) is 5.91 Å². The Bertz CT molecular complexity index is 899. The highest BCUT2D eigenvalue weighted by molar-refractivity contribution is 9.10. The van der Waals surface area contributed by atoms with Gasteiger partial charge in [-0.25, -0.2) is 9.37 Å². The Hall–Kier alpha value is -2.21. The number of hydrogen-bond acceptors (Lipinski definition) is 3. The number of carbonyl (C=O) groups excluding carboxylic acids is 1. The van der Waals surface area contributed by atoms with Crippen LogP contribution in [-0.4, -0.2) is 28.9 Å². The Morgan fingerprint density at radius 2 is 1.96 bits per heavy atom. The Morgan fingerprint density at radius 3 is 2.68 bits per heavy atom. The maximum absolute atomic E-state index is 13.2. The van der Waals surface area contributed by atoms with E-state index in [2.05, 4.69) is 20.9 Å². The van der Waals surface area contributed by atoms with Crippen LogP contribution in [0.3, 0.4) is 0 Å². The molecule has 1 aliphatic rings. The number of nitrogens with zero attached hydrogens (tertiary/aromatic N) is 2. The zero-order valence-corrected chi connectivity index (χ0v) is 15.0. The van der Waals surface area contributed by atoms with Crippen LogP contribution in [0.25, 0.3) is 11.1 Å². The highest BCUT2D eigenvalue weighted by Gasteiger charge is 2.28. The highest BCUT2D eigenvalue weighted by atomic mass is 79.9. The quantitative estimate of drug-likeness (QED) is 0.621. The van der Waals surface area contributed by atoms with Crippen LogP contribution in [0.1, 0.15) is 35.0 Å². The average Bonchev–Trinajstić information content (AvgIpc) is 3.05. The molecule has 6 heteroatoms. The monoisotopic (exact) mass is 402 g/mol. The summed E-state index contributed by atoms with van der Waals surface area (Å²) in [5, 5.41) is 0. The van der Waals surface area contributed by atoms with Crippen molar-refractivity contribution in [3.63, 3.8) is 0 Å². The molecule has 0 unspecified atom stereocenters. The van der Waals surface area contributed by atoms with Crippen LogP contribution >= 0.6 is 15.9 Å². The lowest BCUT2D eigenvalue weighted by atomic mass is 9.96. The van der Waals surface area contributed by atoms with Crippen molar-refractivity contribution >= 4 is 32.9 Å². The zero-order chi connectivity index (χ0) is 17.4. The molecule has 128 valence electrons. The molecular weight excluding hydrogens is 387 g/mol. The molecule has 3 aromatic rings. The van der Waals surface area contributed by atoms with Gasteiger partial charge in [-0.1, -0.05) is 12.1 Å². The van der Waals surface area contributed by atoms with E-state index in [1.54, 1.807) is 4.90 Å². The number of halogens is 2. The number of rotatable bonds is 2. The fraction of sp³-hybridized carbons (Fsp3) is 0.263. The predicted octanol–water partition coefficient (Wildman–Crippen LogP) is 4.75. The van der Waals surface area contributed by atoms with E-state index < -0.39 is 0 Å². The molecule has 0 saturated carbocycles. The van der Waals surface area contributed by atoms with Crippen LogP contribution in [-0.2, 0) is 0 Å². The molecule has 0 spiro atoms. The number of oxazole rings is 1. The Labute approximate surface area is 152 Å². The first-order valence-corrected chi connectivity index (χ1v) is 9.01. The molecule has 0 atom stereocenters. The largest absolute Gasteiger partial charge is 0.440 e. The van der Waals surface area contributed by atoms with E-state index in [0.717, 1.165) is 29.8 Å². The van der Waals surface area contributed by atoms with Crippen molar-refractivity contribution in [1.29, 1.82) is 0 Å². The third-order valence-corrected chi connectivity index (χ3v) is 5.26. The van der Waals surface area contributed by atoms with Crippen LogP contribution in [0.15, 0.2) is 51.4 Å². The van der Waals surface area contributed by atoms with Gasteiger partial charge in [-0.3, -0.25) is 4.79 Å². The summed E-state index contributed by atoms with van der Waals surface area (Å²) in [4.78, 5) is 19.0. The summed E-state index contributed by atoms with van der Waals surface area (Å²) in [6.07, 6.45) is 1.61. The van der Waals surface area contributed by atoms with Crippen molar-refractivity contribution in [1.82, 2.24) is 9.88 Å². The van der Waals surface area contributed by atoms with E-state index in [9.17, 15) is 9.18 Å². The van der Waals surface area contributed by atoms with Gasteiger partial charge in [-0.15, -0.1) is 0 Å². The van der Waals surface area contributed by atoms with Gasteiger partial charge in [0.15, 0.2) is 11.5 Å². The lowest BCUT2D eigenvalue weighted by molar-refractivity contribution is 0.0705. The fourth-order valence-corrected chi connectivity index (χ4v) is 3.75. The second kappa shape index (κ2) is 6.59. The van der Waals surface area contributed by atoms with Crippen molar-refractivity contribution in [3.8, 4) is 0 Å². The molecule has 2 aromatic carbocycles. The third-order valence-electron chi connectivity index (χ3n) is 4.60. The van der Waals surface area contributed by atoms with Crippen molar-refractivity contribution in [2.75, 3.05) is 13.1 Å². The van der Waals surface area contributed by atoms with Gasteiger partial charge < -0.3 is 9.32 Å². The van der Waals surface area contributed by atoms with Gasteiger partial charge in [0, 0.05) is 23.5 Å². The SMILES string of the molecule is O=C(c1ccc(F)cc1Br)N1CCC(c2nc3ccccc3o2)CC1. The number of para-hydroxylation sites is 2. The van der Waals surface area contributed by atoms with Crippen LogP contribution in [0.4, 0.5) is 4.39 Å². The summed E-state index contributed by atoms with van der Waals surface area (Å²) >= 11 is 3.27. The summed E-state index contributed by atoms with van der Waals surface area (Å²) < 4.78 is 19.5. The van der Waals surface area contributed by atoms with Crippen molar-refractivity contribution in [2.24, 2.45) is 0 Å². The fourth-order valence-electron chi connectivity index (χ4n) is 3.23. The van der Waals surface area contributed by atoms with Gasteiger partial charge in [-0.2, -0.15) is 0 Å². The van der Waals surface area contributed by atoms with E-state index >= 15 is 0 Å². The van der Waals surface area contributed by atoms with Crippen molar-refractivity contribution in [3.05, 3.63) is 64.2 Å². The highest BCUT2D eigenvalue weighted by Crippen LogP contribution is 2.31. The molecule has 0 aliphatic carbocycles. The molecule has 0 radical (unpaired) electrons. The lowest BCUT2D eigenvalue weighted by Crippen LogP contribution is -2.38. The lowest BCUT2D eigenvalue weighted by Gasteiger charge is -2.31. The first-order chi connectivity index (χ1) is 12.1. The number of aromatic nitrogens is 1. The number of piperidine rings is 1. The summed E-state index contributed by atoms with van der Waals surface area (Å²) in [6.45, 7) is 1.26. The molecule has 1 fully saturated rings. The molecular formula is C19H16BrFN2O2. The molecule has 25 heavy (non-hydrogen) atoms. The summed E-state index contributed by atoms with van der Waals surface area (Å²) in [5.41, 5.74) is 2.15. The summed E-state index contributed by atoms with van der Waals surface area (Å²) in [5.74, 6) is 0.519. The minimum atomic E-state index is -0.363. The predicted molar refractivity (Wildman–Crippen MR) is 96.0 cm³/mol. The maximum atomic E-state index is 13.2. The molecule has 1 aromatic heterocycles. The first kappa shape index (κ1) is 16.3. The standard InChI is InChI=1S/C19H16BrFN2O2/c20-15-11-13(21)5-6-14(15)19(24)23-9-7-12(8-10-23)18-22-16-3-1-2-4-17(16)25-18/h1-6,11-12H,7-10H2. The average molecular weight is 403 g/mol. The minimum Gasteiger partial charge on any atom is -0.440 e. The molecule has 0 bridgehead atoms. The van der Waals surface area contributed by atoms with E-state index in [1.165, 1.54) is 18.2 Å². The Morgan fingerprint density at radius 1 is 1.20 bits per heavy atom. The summed E-state index contributed by atoms with van der Waals surface area (Å²) in [7, 11) is 0. The second-order valence-corrected chi connectivity index (χ2v) is 7.06. The van der Waals surface area contributed by atoms with Crippen molar-refractivity contribution < 1.29 is 13.6 Å². The van der Waals surface area contributed by atoms with Gasteiger partial charge in [0.2, 0.25) is 0 Å². The number of carbonyl (C=O) groups is 1. The van der Waals surface area contributed by atoms with Crippen molar-refractivity contribution in [2.45, 2.75) is 18.8 Å². The van der Waals surface area contributed by atoms with Crippen LogP contribution in [0, 0.1) is 5.82 Å². The van der Waals surface area contributed by atoms with Crippen LogP contribution in [0.2, 0.25) is 0 Å². The number of amides is 1. The smallest absolute Gasteiger partial charge is 0.255 e. The topological polar surface area (TPSA) is 46.3 Å². The molecule has 1 saturated heterocycles. The number of likely N-dealkylation sites (tertiary alicyclic amines) is 1. The summed E-state index contributed by atoms with van der Waals surface area (Å²) in [6, 6.07) is 11.9. The number of fused-ring (bicyclic) bond motifs is 1. The Kier molecular flexibility index (Phi) is 4.29. The number of benzene rings is 2. The van der Waals surface area contributed by atoms with Crippen LogP contribution in [0.5, 0.6) is 0 Å². The third kappa shape index (κ3) is 3.18. The van der Waals surface area contributed by atoms with E-state index in [1.807, 2.05) is 24.3 Å². The normalized spacial score (nSPS) is 15.7. The zero-order valence-electron chi connectivity index (χ0n) is 13.4. The Balaban J connectivity index is 1.46. The first-order valence-electron chi connectivity index (χ1n) is 8.21. The van der Waals surface area contributed by atoms with Gasteiger partial charge in [-0.05, 0) is 59.1 Å². The molecule has 1 amide bonds. The molecule has 4 nitrogen and oxygen atoms in total.